The molecule has 0 N–H and O–H groups in total. The minimum absolute atomic E-state index is 0.130. The molecule has 0 aromatic heterocycles. The Morgan fingerprint density at radius 1 is 1.24 bits per heavy atom. The van der Waals surface area contributed by atoms with Crippen molar-refractivity contribution in [3.63, 3.8) is 0 Å². The molecular formula is C19H25NO5. The Bertz CT molecular complexity index is 614. The van der Waals surface area contributed by atoms with Crippen molar-refractivity contribution in [1.29, 1.82) is 0 Å². The predicted molar refractivity (Wildman–Crippen MR) is 90.9 cm³/mol. The van der Waals surface area contributed by atoms with E-state index in [2.05, 4.69) is 6.92 Å². The summed E-state index contributed by atoms with van der Waals surface area (Å²) in [5.41, 5.74) is 0.773. The molecule has 1 aromatic rings. The Morgan fingerprint density at radius 3 is 2.56 bits per heavy atom. The summed E-state index contributed by atoms with van der Waals surface area (Å²) >= 11 is 0. The first-order valence-corrected chi connectivity index (χ1v) is 8.74. The lowest BCUT2D eigenvalue weighted by Gasteiger charge is -2.40. The van der Waals surface area contributed by atoms with Crippen molar-refractivity contribution in [2.45, 2.75) is 57.0 Å². The molecule has 0 radical (unpaired) electrons. The first-order chi connectivity index (χ1) is 12.0. The molecule has 136 valence electrons. The molecule has 2 fully saturated rings. The van der Waals surface area contributed by atoms with Crippen LogP contribution in [0, 0.1) is 0 Å². The Hall–Kier alpha value is -2.08. The first kappa shape index (κ1) is 17.7. The summed E-state index contributed by atoms with van der Waals surface area (Å²) < 4.78 is 16.4. The summed E-state index contributed by atoms with van der Waals surface area (Å²) in [6.45, 7) is 2.61. The number of benzene rings is 1. The molecule has 1 aromatic carbocycles. The maximum atomic E-state index is 12.5. The number of carbonyl (C=O) groups is 2. The molecule has 6 nitrogen and oxygen atoms in total. The van der Waals surface area contributed by atoms with Gasteiger partial charge in [-0.05, 0) is 31.7 Å². The molecule has 0 bridgehead atoms. The van der Waals surface area contributed by atoms with Gasteiger partial charge in [-0.25, -0.2) is 9.59 Å². The van der Waals surface area contributed by atoms with Crippen LogP contribution in [0.1, 0.15) is 38.2 Å². The Kier molecular flexibility index (Phi) is 5.27. The molecule has 1 aliphatic carbocycles. The monoisotopic (exact) mass is 347 g/mol. The summed E-state index contributed by atoms with van der Waals surface area (Å²) in [4.78, 5) is 26.0. The van der Waals surface area contributed by atoms with Crippen LogP contribution in [-0.4, -0.2) is 48.4 Å². The van der Waals surface area contributed by atoms with Gasteiger partial charge in [0.2, 0.25) is 0 Å². The minimum Gasteiger partial charge on any atom is -0.467 e. The van der Waals surface area contributed by atoms with Crippen LogP contribution in [0.25, 0.3) is 0 Å². The number of methoxy groups -OCH3 is 1. The van der Waals surface area contributed by atoms with Crippen molar-refractivity contribution in [2.75, 3.05) is 13.7 Å². The molecule has 6 heteroatoms. The molecule has 1 aliphatic heterocycles. The van der Waals surface area contributed by atoms with Gasteiger partial charge in [0.25, 0.3) is 0 Å². The molecule has 1 amide bonds. The second-order valence-corrected chi connectivity index (χ2v) is 7.01. The molecule has 0 spiro atoms. The third kappa shape index (κ3) is 4.12. The quantitative estimate of drug-likeness (QED) is 0.766. The second-order valence-electron chi connectivity index (χ2n) is 7.01. The van der Waals surface area contributed by atoms with Crippen LogP contribution in [-0.2, 0) is 25.6 Å². The third-order valence-corrected chi connectivity index (χ3v) is 5.04. The molecule has 2 aliphatic rings. The van der Waals surface area contributed by atoms with Crippen molar-refractivity contribution >= 4 is 12.1 Å². The van der Waals surface area contributed by atoms with Crippen molar-refractivity contribution in [3.8, 4) is 0 Å². The van der Waals surface area contributed by atoms with E-state index >= 15 is 0 Å². The van der Waals surface area contributed by atoms with Gasteiger partial charge in [0, 0.05) is 6.42 Å². The van der Waals surface area contributed by atoms with E-state index in [9.17, 15) is 9.59 Å². The van der Waals surface area contributed by atoms with E-state index in [1.165, 1.54) is 12.0 Å². The number of hydrogen-bond donors (Lipinski definition) is 0. The van der Waals surface area contributed by atoms with E-state index in [1.54, 1.807) is 0 Å². The number of rotatable bonds is 5. The standard InChI is InChI=1S/C19H25NO5/c1-19(9-6-10-19)25-15-11-16(17(21)23-2)20(12-15)18(22)24-13-14-7-4-3-5-8-14/h3-5,7-8,15-16H,6,9-13H2,1-2H3/t15-,16+/m1/s1. The summed E-state index contributed by atoms with van der Waals surface area (Å²) in [6, 6.07) is 8.81. The molecular weight excluding hydrogens is 322 g/mol. The summed E-state index contributed by atoms with van der Waals surface area (Å²) in [5.74, 6) is -0.429. The van der Waals surface area contributed by atoms with Gasteiger partial charge in [-0.3, -0.25) is 4.90 Å². The van der Waals surface area contributed by atoms with Gasteiger partial charge >= 0.3 is 12.1 Å². The van der Waals surface area contributed by atoms with E-state index in [0.29, 0.717) is 13.0 Å². The van der Waals surface area contributed by atoms with Gasteiger partial charge < -0.3 is 14.2 Å². The fourth-order valence-electron chi connectivity index (χ4n) is 3.44. The van der Waals surface area contributed by atoms with Crippen LogP contribution >= 0.6 is 0 Å². The van der Waals surface area contributed by atoms with Gasteiger partial charge in [-0.2, -0.15) is 0 Å². The van der Waals surface area contributed by atoms with Crippen LogP contribution in [0.2, 0.25) is 0 Å². The number of nitrogens with zero attached hydrogens (tertiary/aromatic N) is 1. The normalized spacial score (nSPS) is 24.5. The Balaban J connectivity index is 1.61. The summed E-state index contributed by atoms with van der Waals surface area (Å²) in [5, 5.41) is 0. The van der Waals surface area contributed by atoms with Gasteiger partial charge in [0.1, 0.15) is 12.6 Å². The van der Waals surface area contributed by atoms with Crippen LogP contribution in [0.4, 0.5) is 4.79 Å². The van der Waals surface area contributed by atoms with Crippen molar-refractivity contribution in [3.05, 3.63) is 35.9 Å². The molecule has 2 atom stereocenters. The summed E-state index contributed by atoms with van der Waals surface area (Å²) in [6.07, 6.45) is 2.97. The van der Waals surface area contributed by atoms with Gasteiger partial charge in [0.05, 0.1) is 25.4 Å². The number of ether oxygens (including phenoxy) is 3. The zero-order chi connectivity index (χ0) is 17.9. The van der Waals surface area contributed by atoms with E-state index in [1.807, 2.05) is 30.3 Å². The zero-order valence-electron chi connectivity index (χ0n) is 14.8. The van der Waals surface area contributed by atoms with Crippen LogP contribution in [0.3, 0.4) is 0 Å². The fourth-order valence-corrected chi connectivity index (χ4v) is 3.44. The van der Waals surface area contributed by atoms with Crippen LogP contribution < -0.4 is 0 Å². The van der Waals surface area contributed by atoms with E-state index in [0.717, 1.165) is 24.8 Å². The molecule has 0 unspecified atom stereocenters. The lowest BCUT2D eigenvalue weighted by atomic mass is 9.81. The molecule has 3 rings (SSSR count). The van der Waals surface area contributed by atoms with Gasteiger partial charge in [-0.15, -0.1) is 0 Å². The Labute approximate surface area is 148 Å². The number of likely N-dealkylation sites (tertiary alicyclic amines) is 1. The highest BCUT2D eigenvalue weighted by molar-refractivity contribution is 5.82. The highest BCUT2D eigenvalue weighted by Gasteiger charge is 2.45. The largest absolute Gasteiger partial charge is 0.467 e. The molecule has 1 saturated carbocycles. The maximum absolute atomic E-state index is 12.5. The van der Waals surface area contributed by atoms with Crippen LogP contribution in [0.5, 0.6) is 0 Å². The number of amides is 1. The molecule has 1 saturated heterocycles. The van der Waals surface area contributed by atoms with Crippen LogP contribution in [0.15, 0.2) is 30.3 Å². The maximum Gasteiger partial charge on any atom is 0.410 e. The highest BCUT2D eigenvalue weighted by atomic mass is 16.6. The smallest absolute Gasteiger partial charge is 0.410 e. The first-order valence-electron chi connectivity index (χ1n) is 8.74. The minimum atomic E-state index is -0.651. The second kappa shape index (κ2) is 7.44. The average Bonchev–Trinajstić information content (AvgIpc) is 3.02. The summed E-state index contributed by atoms with van der Waals surface area (Å²) in [7, 11) is 1.33. The van der Waals surface area contributed by atoms with Crippen molar-refractivity contribution in [1.82, 2.24) is 4.90 Å². The number of carbonyl (C=O) groups excluding carboxylic acids is 2. The highest BCUT2D eigenvalue weighted by Crippen LogP contribution is 2.38. The van der Waals surface area contributed by atoms with Crippen molar-refractivity contribution in [2.24, 2.45) is 0 Å². The van der Waals surface area contributed by atoms with E-state index in [-0.39, 0.29) is 18.3 Å². The van der Waals surface area contributed by atoms with Gasteiger partial charge in [0.15, 0.2) is 0 Å². The lowest BCUT2D eigenvalue weighted by Crippen LogP contribution is -2.42. The molecule has 25 heavy (non-hydrogen) atoms. The van der Waals surface area contributed by atoms with Crippen molar-refractivity contribution < 1.29 is 23.8 Å². The average molecular weight is 347 g/mol. The fraction of sp³-hybridized carbons (Fsp3) is 0.579. The SMILES string of the molecule is COC(=O)[C@@H]1C[C@@H](OC2(C)CCC2)CN1C(=O)OCc1ccccc1. The topological polar surface area (TPSA) is 65.1 Å². The molecule has 1 heterocycles. The lowest BCUT2D eigenvalue weighted by molar-refractivity contribution is -0.146. The predicted octanol–water partition coefficient (Wildman–Crippen LogP) is 2.90. The number of esters is 1. The third-order valence-electron chi connectivity index (χ3n) is 5.04. The number of hydrogen-bond acceptors (Lipinski definition) is 5. The zero-order valence-corrected chi connectivity index (χ0v) is 14.8. The Morgan fingerprint density at radius 2 is 1.96 bits per heavy atom. The van der Waals surface area contributed by atoms with Gasteiger partial charge in [-0.1, -0.05) is 30.3 Å². The van der Waals surface area contributed by atoms with E-state index in [4.69, 9.17) is 14.2 Å². The van der Waals surface area contributed by atoms with E-state index < -0.39 is 18.1 Å².